The van der Waals surface area contributed by atoms with E-state index in [1.54, 1.807) is 20.1 Å². The van der Waals surface area contributed by atoms with Crippen LogP contribution in [0, 0.1) is 4.84 Å². The Bertz CT molecular complexity index is 688. The topological polar surface area (TPSA) is 80.1 Å². The maximum absolute atomic E-state index is 11.8. The number of benzene rings is 1. The molecule has 0 unspecified atom stereocenters. The zero-order valence-corrected chi connectivity index (χ0v) is 12.4. The van der Waals surface area contributed by atoms with Gasteiger partial charge in [-0.05, 0) is 42.9 Å². The minimum absolute atomic E-state index is 0.180. The van der Waals surface area contributed by atoms with Gasteiger partial charge in [0.05, 0.1) is 7.11 Å². The average molecular weight is 305 g/mol. The van der Waals surface area contributed by atoms with Crippen LogP contribution in [-0.4, -0.2) is 23.2 Å². The molecule has 1 aromatic carbocycles. The van der Waals surface area contributed by atoms with Gasteiger partial charge in [-0.1, -0.05) is 12.1 Å². The van der Waals surface area contributed by atoms with E-state index >= 15 is 0 Å². The first kappa shape index (κ1) is 15.0. The number of nitrogens with zero attached hydrogens (tertiary/aromatic N) is 1. The summed E-state index contributed by atoms with van der Waals surface area (Å²) in [6.07, 6.45) is 3.15. The second-order valence-corrected chi connectivity index (χ2v) is 4.66. The van der Waals surface area contributed by atoms with Crippen LogP contribution >= 0.6 is 12.2 Å². The molecule has 7 heteroatoms. The van der Waals surface area contributed by atoms with E-state index in [1.165, 1.54) is 6.08 Å². The van der Waals surface area contributed by atoms with Gasteiger partial charge in [0, 0.05) is 6.08 Å². The minimum atomic E-state index is -0.369. The lowest BCUT2D eigenvalue weighted by molar-refractivity contribution is -0.117. The van der Waals surface area contributed by atoms with Crippen molar-refractivity contribution < 1.29 is 13.9 Å². The number of H-pyrrole nitrogens is 1. The first-order valence-electron chi connectivity index (χ1n) is 6.26. The molecule has 1 aromatic heterocycles. The smallest absolute Gasteiger partial charge is 0.284 e. The van der Waals surface area contributed by atoms with Gasteiger partial charge in [0.1, 0.15) is 11.8 Å². The Morgan fingerprint density at radius 3 is 2.76 bits per heavy atom. The molecule has 1 atom stereocenters. The van der Waals surface area contributed by atoms with E-state index < -0.39 is 0 Å². The number of aromatic nitrogens is 2. The highest BCUT2D eigenvalue weighted by Gasteiger charge is 2.12. The van der Waals surface area contributed by atoms with E-state index in [4.69, 9.17) is 21.4 Å². The van der Waals surface area contributed by atoms with Crippen LogP contribution in [0.3, 0.4) is 0 Å². The minimum Gasteiger partial charge on any atom is -0.497 e. The molecule has 1 heterocycles. The van der Waals surface area contributed by atoms with Crippen molar-refractivity contribution in [2.75, 3.05) is 7.11 Å². The predicted octanol–water partition coefficient (Wildman–Crippen LogP) is 2.63. The van der Waals surface area contributed by atoms with Crippen molar-refractivity contribution in [3.8, 4) is 5.75 Å². The monoisotopic (exact) mass is 305 g/mol. The maximum atomic E-state index is 11.8. The zero-order chi connectivity index (χ0) is 15.2. The molecule has 0 fully saturated rings. The van der Waals surface area contributed by atoms with E-state index in [0.29, 0.717) is 5.89 Å². The Hall–Kier alpha value is -2.41. The fourth-order valence-electron chi connectivity index (χ4n) is 1.64. The predicted molar refractivity (Wildman–Crippen MR) is 80.3 cm³/mol. The lowest BCUT2D eigenvalue weighted by atomic mass is 10.2. The molecule has 110 valence electrons. The van der Waals surface area contributed by atoms with Crippen LogP contribution in [0.5, 0.6) is 5.75 Å². The van der Waals surface area contributed by atoms with Gasteiger partial charge in [0.15, 0.2) is 0 Å². The van der Waals surface area contributed by atoms with Gasteiger partial charge in [-0.15, -0.1) is 5.10 Å². The summed E-state index contributed by atoms with van der Waals surface area (Å²) in [6, 6.07) is 7.00. The molecule has 2 aromatic rings. The van der Waals surface area contributed by atoms with Crippen LogP contribution in [0.15, 0.2) is 34.8 Å². The molecule has 6 nitrogen and oxygen atoms in total. The SMILES string of the molecule is COc1ccc(/C=C/C(=O)N[C@H](C)c2n[nH]c(=S)o2)cc1. The number of methoxy groups -OCH3 is 1. The molecule has 1 amide bonds. The molecule has 2 N–H and O–H groups in total. The summed E-state index contributed by atoms with van der Waals surface area (Å²) in [7, 11) is 1.61. The molecule has 0 aliphatic heterocycles. The standard InChI is InChI=1S/C14H15N3O3S/c1-9(13-16-17-14(21)20-13)15-12(18)8-5-10-3-6-11(19-2)7-4-10/h3-9H,1-2H3,(H,15,18)(H,17,21)/b8-5+/t9-/m1/s1. The van der Waals surface area contributed by atoms with E-state index in [-0.39, 0.29) is 16.8 Å². The number of rotatable bonds is 5. The maximum Gasteiger partial charge on any atom is 0.284 e. The highest BCUT2D eigenvalue weighted by atomic mass is 32.1. The largest absolute Gasteiger partial charge is 0.497 e. The van der Waals surface area contributed by atoms with Crippen molar-refractivity contribution in [1.29, 1.82) is 0 Å². The zero-order valence-electron chi connectivity index (χ0n) is 11.6. The van der Waals surface area contributed by atoms with Crippen molar-refractivity contribution in [3.05, 3.63) is 46.6 Å². The lowest BCUT2D eigenvalue weighted by Gasteiger charge is -2.07. The first-order chi connectivity index (χ1) is 10.1. The molecule has 21 heavy (non-hydrogen) atoms. The summed E-state index contributed by atoms with van der Waals surface area (Å²) in [6.45, 7) is 1.76. The molecule has 0 aliphatic carbocycles. The number of hydrogen-bond acceptors (Lipinski definition) is 5. The van der Waals surface area contributed by atoms with Crippen LogP contribution in [0.1, 0.15) is 24.4 Å². The molecule has 0 aliphatic rings. The lowest BCUT2D eigenvalue weighted by Crippen LogP contribution is -2.24. The normalized spacial score (nSPS) is 12.3. The molecule has 0 spiro atoms. The summed E-state index contributed by atoms with van der Waals surface area (Å²) >= 11 is 4.78. The quantitative estimate of drug-likeness (QED) is 0.655. The first-order valence-corrected chi connectivity index (χ1v) is 6.67. The highest BCUT2D eigenvalue weighted by Crippen LogP contribution is 2.12. The molecule has 0 saturated heterocycles. The molecular weight excluding hydrogens is 290 g/mol. The Labute approximate surface area is 126 Å². The van der Waals surface area contributed by atoms with Crippen molar-refractivity contribution in [3.63, 3.8) is 0 Å². The van der Waals surface area contributed by atoms with Gasteiger partial charge in [-0.25, -0.2) is 5.10 Å². The number of amides is 1. The third kappa shape index (κ3) is 4.28. The Morgan fingerprint density at radius 2 is 2.19 bits per heavy atom. The number of ether oxygens (including phenoxy) is 1. The van der Waals surface area contributed by atoms with Crippen molar-refractivity contribution in [2.24, 2.45) is 0 Å². The fraction of sp³-hybridized carbons (Fsp3) is 0.214. The average Bonchev–Trinajstić information content (AvgIpc) is 2.92. The number of carbonyl (C=O) groups is 1. The fourth-order valence-corrected chi connectivity index (χ4v) is 1.77. The van der Waals surface area contributed by atoms with Crippen molar-refractivity contribution in [1.82, 2.24) is 15.5 Å². The Kier molecular flexibility index (Phi) is 4.89. The van der Waals surface area contributed by atoms with Gasteiger partial charge in [0.25, 0.3) is 4.84 Å². The van der Waals surface area contributed by atoms with Crippen LogP contribution < -0.4 is 10.1 Å². The number of carbonyl (C=O) groups excluding carboxylic acids is 1. The number of nitrogens with one attached hydrogen (secondary N) is 2. The summed E-state index contributed by atoms with van der Waals surface area (Å²) in [5.41, 5.74) is 0.899. The van der Waals surface area contributed by atoms with Crippen LogP contribution in [0.4, 0.5) is 0 Å². The summed E-state index contributed by atoms with van der Waals surface area (Å²) in [4.78, 5) is 12.0. The number of aromatic amines is 1. The van der Waals surface area contributed by atoms with E-state index in [1.807, 2.05) is 24.3 Å². The van der Waals surface area contributed by atoms with Gasteiger partial charge < -0.3 is 14.5 Å². The van der Waals surface area contributed by atoms with E-state index in [0.717, 1.165) is 11.3 Å². The van der Waals surface area contributed by atoms with Crippen molar-refractivity contribution in [2.45, 2.75) is 13.0 Å². The van der Waals surface area contributed by atoms with Gasteiger partial charge in [-0.2, -0.15) is 0 Å². The summed E-state index contributed by atoms with van der Waals surface area (Å²) in [5.74, 6) is 0.860. The van der Waals surface area contributed by atoms with Gasteiger partial charge in [0.2, 0.25) is 11.8 Å². The van der Waals surface area contributed by atoms with Crippen molar-refractivity contribution >= 4 is 24.2 Å². The Balaban J connectivity index is 1.94. The molecular formula is C14H15N3O3S. The molecule has 0 radical (unpaired) electrons. The van der Waals surface area contributed by atoms with Crippen LogP contribution in [-0.2, 0) is 4.79 Å². The third-order valence-electron chi connectivity index (χ3n) is 2.73. The molecule has 0 saturated carbocycles. The van der Waals surface area contributed by atoms with Gasteiger partial charge in [-0.3, -0.25) is 4.79 Å². The molecule has 2 rings (SSSR count). The highest BCUT2D eigenvalue weighted by molar-refractivity contribution is 7.71. The van der Waals surface area contributed by atoms with Gasteiger partial charge >= 0.3 is 0 Å². The number of hydrogen-bond donors (Lipinski definition) is 2. The third-order valence-corrected chi connectivity index (χ3v) is 2.90. The van der Waals surface area contributed by atoms with E-state index in [9.17, 15) is 4.79 Å². The summed E-state index contributed by atoms with van der Waals surface area (Å²) in [5, 5.41) is 9.10. The summed E-state index contributed by atoms with van der Waals surface area (Å²) < 4.78 is 10.2. The second-order valence-electron chi connectivity index (χ2n) is 4.29. The Morgan fingerprint density at radius 1 is 1.48 bits per heavy atom. The van der Waals surface area contributed by atoms with E-state index in [2.05, 4.69) is 15.5 Å². The van der Waals surface area contributed by atoms with Crippen LogP contribution in [0.2, 0.25) is 0 Å². The second kappa shape index (κ2) is 6.85. The molecule has 0 bridgehead atoms. The van der Waals surface area contributed by atoms with Crippen LogP contribution in [0.25, 0.3) is 6.08 Å².